The lowest BCUT2D eigenvalue weighted by Gasteiger charge is -2.16. The van der Waals surface area contributed by atoms with Crippen molar-refractivity contribution in [2.75, 3.05) is 0 Å². The van der Waals surface area contributed by atoms with Crippen LogP contribution >= 0.6 is 11.8 Å². The van der Waals surface area contributed by atoms with Crippen molar-refractivity contribution in [1.82, 2.24) is 9.55 Å². The molecule has 0 saturated heterocycles. The van der Waals surface area contributed by atoms with Crippen LogP contribution in [0.3, 0.4) is 0 Å². The average Bonchev–Trinajstić information content (AvgIpc) is 2.97. The summed E-state index contributed by atoms with van der Waals surface area (Å²) in [5, 5.41) is 29.7. The maximum atomic E-state index is 11.0. The van der Waals surface area contributed by atoms with Gasteiger partial charge in [0, 0.05) is 4.92 Å². The highest BCUT2D eigenvalue weighted by Gasteiger charge is 2.34. The Kier molecular flexibility index (Phi) is 3.75. The lowest BCUT2D eigenvalue weighted by molar-refractivity contribution is -0.500. The number of hydrogen-bond donors (Lipinski definition) is 0. The Morgan fingerprint density at radius 3 is 2.91 bits per heavy atom. The molecule has 3 rings (SSSR count). The first-order valence-corrected chi connectivity index (χ1v) is 7.20. The van der Waals surface area contributed by atoms with Crippen molar-refractivity contribution >= 4 is 35.0 Å². The Hall–Kier alpha value is -3.24. The molecule has 10 heteroatoms. The number of fused-ring (bicyclic) bond motifs is 1. The van der Waals surface area contributed by atoms with E-state index in [4.69, 9.17) is 10.5 Å². The van der Waals surface area contributed by atoms with Gasteiger partial charge in [0.1, 0.15) is 11.7 Å². The quantitative estimate of drug-likeness (QED) is 0.465. The number of imidazole rings is 1. The van der Waals surface area contributed by atoms with Crippen LogP contribution in [-0.2, 0) is 0 Å². The van der Waals surface area contributed by atoms with Crippen molar-refractivity contribution in [3.05, 3.63) is 40.2 Å². The predicted molar refractivity (Wildman–Crippen MR) is 83.5 cm³/mol. The van der Waals surface area contributed by atoms with Crippen LogP contribution in [0.25, 0.3) is 11.0 Å². The molecule has 2 atom stereocenters. The molecule has 0 spiro atoms. The number of nitrogens with zero attached hydrogens (tertiary/aromatic N) is 7. The Morgan fingerprint density at radius 2 is 2.22 bits per heavy atom. The summed E-state index contributed by atoms with van der Waals surface area (Å²) in [5.41, 5.74) is 1.70. The van der Waals surface area contributed by atoms with Gasteiger partial charge in [-0.25, -0.2) is 15.0 Å². The van der Waals surface area contributed by atoms with Gasteiger partial charge in [0.25, 0.3) is 6.04 Å². The molecule has 0 saturated carbocycles. The van der Waals surface area contributed by atoms with E-state index >= 15 is 0 Å². The van der Waals surface area contributed by atoms with Crippen molar-refractivity contribution in [1.29, 1.82) is 10.5 Å². The van der Waals surface area contributed by atoms with Crippen molar-refractivity contribution < 1.29 is 4.92 Å². The van der Waals surface area contributed by atoms with Crippen LogP contribution in [-0.4, -0.2) is 38.1 Å². The van der Waals surface area contributed by atoms with Crippen LogP contribution in [0.1, 0.15) is 5.56 Å². The second kappa shape index (κ2) is 5.87. The van der Waals surface area contributed by atoms with E-state index in [-0.39, 0.29) is 5.96 Å². The fourth-order valence-electron chi connectivity index (χ4n) is 2.11. The standard InChI is InChI=1S/C13H7N7O2S/c14-4-8-1-2-9-10(3-8)19(7-17-9)13-16-5-11(20(21)22)12(18-13)23-6-15/h1-3,5,7,11-12H. The summed E-state index contributed by atoms with van der Waals surface area (Å²) in [6, 6.07) is 5.84. The monoisotopic (exact) mass is 325 g/mol. The zero-order valence-corrected chi connectivity index (χ0v) is 12.2. The minimum absolute atomic E-state index is 0.188. The summed E-state index contributed by atoms with van der Waals surface area (Å²) in [7, 11) is 0. The minimum atomic E-state index is -1.16. The summed E-state index contributed by atoms with van der Waals surface area (Å²) in [6.07, 6.45) is 2.64. The predicted octanol–water partition coefficient (Wildman–Crippen LogP) is 1.38. The van der Waals surface area contributed by atoms with Gasteiger partial charge in [-0.05, 0) is 30.0 Å². The molecule has 23 heavy (non-hydrogen) atoms. The van der Waals surface area contributed by atoms with Crippen LogP contribution in [0.5, 0.6) is 0 Å². The molecule has 1 aliphatic rings. The number of benzene rings is 1. The molecule has 0 bridgehead atoms. The van der Waals surface area contributed by atoms with E-state index in [2.05, 4.69) is 15.0 Å². The molecule has 2 heterocycles. The highest BCUT2D eigenvalue weighted by Crippen LogP contribution is 2.22. The topological polar surface area (TPSA) is 133 Å². The lowest BCUT2D eigenvalue weighted by atomic mass is 10.2. The molecular weight excluding hydrogens is 318 g/mol. The first kappa shape index (κ1) is 14.7. The fraction of sp³-hybridized carbons (Fsp3) is 0.154. The summed E-state index contributed by atoms with van der Waals surface area (Å²) >= 11 is 0.702. The Morgan fingerprint density at radius 1 is 1.39 bits per heavy atom. The third-order valence-corrected chi connectivity index (χ3v) is 3.92. The lowest BCUT2D eigenvalue weighted by Crippen LogP contribution is -2.36. The van der Waals surface area contributed by atoms with Gasteiger partial charge in [-0.15, -0.1) is 0 Å². The zero-order valence-electron chi connectivity index (χ0n) is 11.4. The number of nitriles is 2. The molecule has 1 aliphatic heterocycles. The van der Waals surface area contributed by atoms with Gasteiger partial charge in [-0.3, -0.25) is 14.7 Å². The first-order valence-electron chi connectivity index (χ1n) is 6.32. The summed E-state index contributed by atoms with van der Waals surface area (Å²) in [4.78, 5) is 22.8. The summed E-state index contributed by atoms with van der Waals surface area (Å²) in [5.74, 6) is 0.188. The Bertz CT molecular complexity index is 934. The minimum Gasteiger partial charge on any atom is -0.267 e. The van der Waals surface area contributed by atoms with E-state index < -0.39 is 16.3 Å². The van der Waals surface area contributed by atoms with Crippen molar-refractivity contribution in [2.24, 2.45) is 9.98 Å². The van der Waals surface area contributed by atoms with E-state index in [1.807, 2.05) is 11.5 Å². The number of thioether (sulfide) groups is 1. The van der Waals surface area contributed by atoms with E-state index in [0.29, 0.717) is 28.4 Å². The maximum absolute atomic E-state index is 11.0. The zero-order chi connectivity index (χ0) is 16.4. The smallest absolute Gasteiger partial charge is 0.267 e. The second-order valence-corrected chi connectivity index (χ2v) is 5.41. The largest absolute Gasteiger partial charge is 0.280 e. The van der Waals surface area contributed by atoms with E-state index in [1.54, 1.807) is 18.2 Å². The summed E-state index contributed by atoms with van der Waals surface area (Å²) in [6.45, 7) is 0. The molecule has 2 unspecified atom stereocenters. The van der Waals surface area contributed by atoms with Crippen molar-refractivity contribution in [3.63, 3.8) is 0 Å². The van der Waals surface area contributed by atoms with Gasteiger partial charge < -0.3 is 0 Å². The molecule has 2 aromatic rings. The highest BCUT2D eigenvalue weighted by atomic mass is 32.2. The second-order valence-electron chi connectivity index (χ2n) is 4.51. The fourth-order valence-corrected chi connectivity index (χ4v) is 2.67. The number of rotatable bonds is 2. The molecule has 0 amide bonds. The molecule has 0 N–H and O–H groups in total. The van der Waals surface area contributed by atoms with Gasteiger partial charge in [-0.2, -0.15) is 10.5 Å². The third kappa shape index (κ3) is 2.63. The molecule has 1 aromatic carbocycles. The highest BCUT2D eigenvalue weighted by molar-refractivity contribution is 8.04. The average molecular weight is 325 g/mol. The van der Waals surface area contributed by atoms with Crippen LogP contribution in [0, 0.1) is 32.1 Å². The number of hydrogen-bond acceptors (Lipinski definition) is 8. The Balaban J connectivity index is 2.07. The molecule has 0 aliphatic carbocycles. The van der Waals surface area contributed by atoms with Gasteiger partial charge in [0.15, 0.2) is 5.37 Å². The van der Waals surface area contributed by atoms with Crippen molar-refractivity contribution in [2.45, 2.75) is 11.4 Å². The first-order chi connectivity index (χ1) is 11.1. The number of aromatic nitrogens is 2. The number of thiocyanates is 1. The SMILES string of the molecule is N#CSC1N=C(n2cnc3ccc(C#N)cc32)N=CC1[N+](=O)[O-]. The van der Waals surface area contributed by atoms with Crippen LogP contribution in [0.15, 0.2) is 34.5 Å². The van der Waals surface area contributed by atoms with Crippen molar-refractivity contribution in [3.8, 4) is 11.5 Å². The number of nitro groups is 1. The number of aliphatic imine (C=N–C) groups is 2. The molecular formula is C13H7N7O2S. The summed E-state index contributed by atoms with van der Waals surface area (Å²) < 4.78 is 1.54. The van der Waals surface area contributed by atoms with E-state index in [9.17, 15) is 10.1 Å². The van der Waals surface area contributed by atoms with Gasteiger partial charge in [0.05, 0.1) is 28.9 Å². The third-order valence-electron chi connectivity index (χ3n) is 3.19. The Labute approximate surface area is 133 Å². The molecule has 1 aromatic heterocycles. The van der Waals surface area contributed by atoms with Gasteiger partial charge in [0.2, 0.25) is 5.96 Å². The van der Waals surface area contributed by atoms with Gasteiger partial charge in [-0.1, -0.05) is 0 Å². The van der Waals surface area contributed by atoms with E-state index in [0.717, 1.165) is 6.21 Å². The van der Waals surface area contributed by atoms with E-state index in [1.165, 1.54) is 10.9 Å². The molecule has 112 valence electrons. The van der Waals surface area contributed by atoms with Crippen LogP contribution in [0.4, 0.5) is 0 Å². The van der Waals surface area contributed by atoms with Crippen LogP contribution in [0.2, 0.25) is 0 Å². The normalized spacial score (nSPS) is 19.8. The maximum Gasteiger partial charge on any atom is 0.280 e. The molecule has 0 radical (unpaired) electrons. The molecule has 9 nitrogen and oxygen atoms in total. The van der Waals surface area contributed by atoms with Gasteiger partial charge >= 0.3 is 0 Å². The molecule has 0 fully saturated rings. The van der Waals surface area contributed by atoms with Crippen LogP contribution < -0.4 is 0 Å².